The Bertz CT molecular complexity index is 167. The van der Waals surface area contributed by atoms with E-state index in [1.54, 1.807) is 0 Å². The van der Waals surface area contributed by atoms with Gasteiger partial charge in [0.05, 0.1) is 0 Å². The van der Waals surface area contributed by atoms with Crippen LogP contribution in [0.3, 0.4) is 0 Å². The minimum Gasteiger partial charge on any atom is -0.302 e. The fraction of sp³-hybridized carbons (Fsp3) is 1.00. The van der Waals surface area contributed by atoms with E-state index in [1.165, 1.54) is 45.6 Å². The van der Waals surface area contributed by atoms with Crippen LogP contribution in [0.4, 0.5) is 0 Å². The van der Waals surface area contributed by atoms with Gasteiger partial charge >= 0.3 is 0 Å². The van der Waals surface area contributed by atoms with E-state index in [4.69, 9.17) is 0 Å². The van der Waals surface area contributed by atoms with Crippen molar-refractivity contribution in [2.24, 2.45) is 5.92 Å². The fourth-order valence-corrected chi connectivity index (χ4v) is 2.92. The van der Waals surface area contributed by atoms with Crippen LogP contribution in [0.15, 0.2) is 0 Å². The van der Waals surface area contributed by atoms with Crippen LogP contribution in [-0.2, 0) is 0 Å². The SMILES string of the molecule is CCN1CC2CCC(C1)N(CC)C2. The molecule has 2 nitrogen and oxygen atoms in total. The monoisotopic (exact) mass is 182 g/mol. The van der Waals surface area contributed by atoms with Gasteiger partial charge < -0.3 is 4.90 Å². The van der Waals surface area contributed by atoms with E-state index in [0.29, 0.717) is 0 Å². The molecule has 0 saturated carbocycles. The summed E-state index contributed by atoms with van der Waals surface area (Å²) in [6.07, 6.45) is 2.91. The third kappa shape index (κ3) is 1.89. The molecule has 2 unspecified atom stereocenters. The van der Waals surface area contributed by atoms with Crippen LogP contribution in [0.2, 0.25) is 0 Å². The predicted molar refractivity (Wildman–Crippen MR) is 55.9 cm³/mol. The van der Waals surface area contributed by atoms with Crippen LogP contribution in [-0.4, -0.2) is 48.6 Å². The number of piperidine rings is 1. The number of fused-ring (bicyclic) bond motifs is 4. The Morgan fingerprint density at radius 1 is 1.00 bits per heavy atom. The van der Waals surface area contributed by atoms with E-state index in [2.05, 4.69) is 23.6 Å². The Kier molecular flexibility index (Phi) is 2.89. The molecule has 2 atom stereocenters. The van der Waals surface area contributed by atoms with Crippen LogP contribution < -0.4 is 0 Å². The van der Waals surface area contributed by atoms with E-state index < -0.39 is 0 Å². The zero-order chi connectivity index (χ0) is 9.26. The molecule has 3 rings (SSSR count). The highest BCUT2D eigenvalue weighted by atomic mass is 15.3. The first-order valence-corrected chi connectivity index (χ1v) is 5.79. The lowest BCUT2D eigenvalue weighted by Crippen LogP contribution is -2.43. The minimum absolute atomic E-state index is 0.865. The molecule has 0 aromatic carbocycles. The largest absolute Gasteiger partial charge is 0.302 e. The molecule has 13 heavy (non-hydrogen) atoms. The average molecular weight is 182 g/mol. The van der Waals surface area contributed by atoms with Crippen molar-refractivity contribution in [3.63, 3.8) is 0 Å². The molecule has 0 aromatic heterocycles. The number of hydrogen-bond donors (Lipinski definition) is 0. The Morgan fingerprint density at radius 3 is 2.54 bits per heavy atom. The molecule has 2 bridgehead atoms. The molecular formula is C11H22N2. The number of nitrogens with zero attached hydrogens (tertiary/aromatic N) is 2. The molecule has 0 aliphatic carbocycles. The average Bonchev–Trinajstić information content (AvgIpc) is 2.47. The van der Waals surface area contributed by atoms with Gasteiger partial charge in [0.1, 0.15) is 0 Å². The second-order valence-corrected chi connectivity index (χ2v) is 4.54. The Morgan fingerprint density at radius 2 is 1.85 bits per heavy atom. The maximum absolute atomic E-state index is 2.68. The Hall–Kier alpha value is -0.0800. The van der Waals surface area contributed by atoms with Crippen molar-refractivity contribution in [3.05, 3.63) is 0 Å². The van der Waals surface area contributed by atoms with E-state index >= 15 is 0 Å². The molecule has 2 heteroatoms. The lowest BCUT2D eigenvalue weighted by molar-refractivity contribution is 0.139. The molecule has 0 amide bonds. The van der Waals surface area contributed by atoms with Gasteiger partial charge in [-0.1, -0.05) is 13.8 Å². The van der Waals surface area contributed by atoms with Gasteiger partial charge in [0.2, 0.25) is 0 Å². The van der Waals surface area contributed by atoms with Gasteiger partial charge in [0.15, 0.2) is 0 Å². The van der Waals surface area contributed by atoms with Gasteiger partial charge in [-0.2, -0.15) is 0 Å². The second-order valence-electron chi connectivity index (χ2n) is 4.54. The number of rotatable bonds is 2. The molecular weight excluding hydrogens is 160 g/mol. The zero-order valence-corrected chi connectivity index (χ0v) is 9.00. The lowest BCUT2D eigenvalue weighted by Gasteiger charge is -2.35. The Labute approximate surface area is 81.9 Å². The first-order chi connectivity index (χ1) is 6.33. The topological polar surface area (TPSA) is 6.48 Å². The summed E-state index contributed by atoms with van der Waals surface area (Å²) in [5, 5.41) is 0. The van der Waals surface area contributed by atoms with Crippen LogP contribution in [0.5, 0.6) is 0 Å². The summed E-state index contributed by atoms with van der Waals surface area (Å²) in [6, 6.07) is 0.865. The highest BCUT2D eigenvalue weighted by molar-refractivity contribution is 4.88. The summed E-state index contributed by atoms with van der Waals surface area (Å²) in [5.41, 5.74) is 0. The van der Waals surface area contributed by atoms with Crippen molar-refractivity contribution in [2.45, 2.75) is 32.7 Å². The quantitative estimate of drug-likeness (QED) is 0.637. The van der Waals surface area contributed by atoms with Crippen LogP contribution in [0.25, 0.3) is 0 Å². The van der Waals surface area contributed by atoms with Crippen molar-refractivity contribution in [1.29, 1.82) is 0 Å². The minimum atomic E-state index is 0.865. The Balaban J connectivity index is 2.04. The van der Waals surface area contributed by atoms with Gasteiger partial charge in [-0.15, -0.1) is 0 Å². The standard InChI is InChI=1S/C11H22N2/c1-3-12-7-10-5-6-11(9-12)13(4-2)8-10/h10-11H,3-9H2,1-2H3. The second kappa shape index (κ2) is 3.97. The van der Waals surface area contributed by atoms with Crippen LogP contribution >= 0.6 is 0 Å². The molecule has 0 radical (unpaired) electrons. The molecule has 3 fully saturated rings. The van der Waals surface area contributed by atoms with Gasteiger partial charge in [0, 0.05) is 25.7 Å². The zero-order valence-electron chi connectivity index (χ0n) is 9.00. The summed E-state index contributed by atoms with van der Waals surface area (Å²) in [6.45, 7) is 11.1. The lowest BCUT2D eigenvalue weighted by atomic mass is 9.95. The van der Waals surface area contributed by atoms with Crippen molar-refractivity contribution in [3.8, 4) is 0 Å². The van der Waals surface area contributed by atoms with E-state index in [1.807, 2.05) is 0 Å². The number of likely N-dealkylation sites (N-methyl/N-ethyl adjacent to an activating group) is 2. The summed E-state index contributed by atoms with van der Waals surface area (Å²) in [4.78, 5) is 5.32. The fourth-order valence-electron chi connectivity index (χ4n) is 2.92. The van der Waals surface area contributed by atoms with Crippen LogP contribution in [0, 0.1) is 5.92 Å². The van der Waals surface area contributed by atoms with E-state index in [0.717, 1.165) is 12.0 Å². The van der Waals surface area contributed by atoms with Gasteiger partial charge in [-0.3, -0.25) is 4.90 Å². The molecule has 0 aromatic rings. The molecule has 0 spiro atoms. The summed E-state index contributed by atoms with van der Waals surface area (Å²) in [5.74, 6) is 0.957. The van der Waals surface area contributed by atoms with Gasteiger partial charge in [-0.25, -0.2) is 0 Å². The van der Waals surface area contributed by atoms with Crippen LogP contribution in [0.1, 0.15) is 26.7 Å². The maximum atomic E-state index is 2.68. The molecule has 3 saturated heterocycles. The van der Waals surface area contributed by atoms with Crippen molar-refractivity contribution < 1.29 is 0 Å². The third-order valence-electron chi connectivity index (χ3n) is 3.76. The normalized spacial score (nSPS) is 36.5. The van der Waals surface area contributed by atoms with Crippen molar-refractivity contribution in [2.75, 3.05) is 32.7 Å². The van der Waals surface area contributed by atoms with Gasteiger partial charge in [0.25, 0.3) is 0 Å². The van der Waals surface area contributed by atoms with Gasteiger partial charge in [-0.05, 0) is 31.8 Å². The first kappa shape index (κ1) is 9.47. The third-order valence-corrected chi connectivity index (χ3v) is 3.76. The van der Waals surface area contributed by atoms with E-state index in [9.17, 15) is 0 Å². The summed E-state index contributed by atoms with van der Waals surface area (Å²) in [7, 11) is 0. The smallest absolute Gasteiger partial charge is 0.0223 e. The summed E-state index contributed by atoms with van der Waals surface area (Å²) < 4.78 is 0. The number of hydrogen-bond acceptors (Lipinski definition) is 2. The highest BCUT2D eigenvalue weighted by Crippen LogP contribution is 2.27. The molecule has 3 aliphatic rings. The van der Waals surface area contributed by atoms with Crippen molar-refractivity contribution >= 4 is 0 Å². The molecule has 3 aliphatic heterocycles. The maximum Gasteiger partial charge on any atom is 0.0223 e. The molecule has 3 heterocycles. The predicted octanol–water partition coefficient (Wildman–Crippen LogP) is 1.42. The molecule has 76 valence electrons. The highest BCUT2D eigenvalue weighted by Gasteiger charge is 2.32. The van der Waals surface area contributed by atoms with Crippen molar-refractivity contribution in [1.82, 2.24) is 9.80 Å². The first-order valence-electron chi connectivity index (χ1n) is 5.79. The molecule has 0 N–H and O–H groups in total. The van der Waals surface area contributed by atoms with E-state index in [-0.39, 0.29) is 0 Å². The summed E-state index contributed by atoms with van der Waals surface area (Å²) >= 11 is 0.